The van der Waals surface area contributed by atoms with Crippen LogP contribution < -0.4 is 18.9 Å². The summed E-state index contributed by atoms with van der Waals surface area (Å²) >= 11 is 0. The highest BCUT2D eigenvalue weighted by Gasteiger charge is 2.39. The number of Topliss-reactive ketones (excluding diaryl/α,β-unsaturated/α-hetero) is 1. The number of rotatable bonds is 4. The van der Waals surface area contributed by atoms with Crippen molar-refractivity contribution in [1.82, 2.24) is 4.57 Å². The number of phenols is 1. The maximum Gasteiger partial charge on any atom is 0.312 e. The SMILES string of the molecule is COc1cc(C2CC(=O)Oc3ccc4c(c32)OC(=Cc2cn(C)c3ccccc23)C4=O)cc(OC)c1O. The smallest absolute Gasteiger partial charge is 0.312 e. The number of ketones is 1. The molecule has 0 radical (unpaired) electrons. The van der Waals surface area contributed by atoms with E-state index in [1.807, 2.05) is 42.1 Å². The van der Waals surface area contributed by atoms with Crippen molar-refractivity contribution in [3.8, 4) is 28.7 Å². The minimum Gasteiger partial charge on any atom is -0.502 e. The maximum absolute atomic E-state index is 13.4. The summed E-state index contributed by atoms with van der Waals surface area (Å²) in [6.45, 7) is 0. The van der Waals surface area contributed by atoms with Gasteiger partial charge in [0, 0.05) is 41.2 Å². The highest BCUT2D eigenvalue weighted by molar-refractivity contribution is 6.15. The maximum atomic E-state index is 13.4. The molecule has 4 aromatic rings. The summed E-state index contributed by atoms with van der Waals surface area (Å²) < 4.78 is 24.4. The number of hydrogen-bond donors (Lipinski definition) is 1. The molecule has 0 aliphatic carbocycles. The number of methoxy groups -OCH3 is 2. The summed E-state index contributed by atoms with van der Waals surface area (Å²) in [6.07, 6.45) is 3.71. The van der Waals surface area contributed by atoms with Crippen LogP contribution in [0.2, 0.25) is 0 Å². The van der Waals surface area contributed by atoms with Gasteiger partial charge in [0.2, 0.25) is 11.5 Å². The van der Waals surface area contributed by atoms with Gasteiger partial charge in [0.25, 0.3) is 0 Å². The van der Waals surface area contributed by atoms with Gasteiger partial charge < -0.3 is 28.6 Å². The molecule has 0 saturated carbocycles. The number of para-hydroxylation sites is 1. The average Bonchev–Trinajstić information content (AvgIpc) is 3.39. The summed E-state index contributed by atoms with van der Waals surface area (Å²) in [4.78, 5) is 25.9. The Balaban J connectivity index is 1.48. The van der Waals surface area contributed by atoms with E-state index in [9.17, 15) is 14.7 Å². The first-order valence-electron chi connectivity index (χ1n) is 11.7. The van der Waals surface area contributed by atoms with Crippen molar-refractivity contribution in [2.45, 2.75) is 12.3 Å². The van der Waals surface area contributed by atoms with Crippen molar-refractivity contribution >= 4 is 28.7 Å². The minimum absolute atomic E-state index is 0.0143. The van der Waals surface area contributed by atoms with Crippen molar-refractivity contribution in [2.24, 2.45) is 7.05 Å². The number of aromatic hydroxyl groups is 1. The Kier molecular flexibility index (Phi) is 5.19. The van der Waals surface area contributed by atoms with Crippen LogP contribution >= 0.6 is 0 Å². The van der Waals surface area contributed by atoms with E-state index in [1.54, 1.807) is 30.3 Å². The van der Waals surface area contributed by atoms with Gasteiger partial charge in [0.1, 0.15) is 11.5 Å². The number of benzene rings is 3. The molecule has 1 unspecified atom stereocenters. The number of aryl methyl sites for hydroxylation is 1. The number of carbonyl (C=O) groups excluding carboxylic acids is 2. The van der Waals surface area contributed by atoms with Crippen LogP contribution in [0, 0.1) is 0 Å². The Labute approximate surface area is 212 Å². The predicted molar refractivity (Wildman–Crippen MR) is 136 cm³/mol. The monoisotopic (exact) mass is 497 g/mol. The van der Waals surface area contributed by atoms with Crippen molar-refractivity contribution in [1.29, 1.82) is 0 Å². The van der Waals surface area contributed by atoms with Crippen LogP contribution in [0.25, 0.3) is 17.0 Å². The van der Waals surface area contributed by atoms with Gasteiger partial charge in [0.05, 0.1) is 26.2 Å². The fraction of sp³-hybridized carbons (Fsp3) is 0.172. The first-order valence-corrected chi connectivity index (χ1v) is 11.7. The fourth-order valence-corrected chi connectivity index (χ4v) is 5.14. The van der Waals surface area contributed by atoms with Crippen LogP contribution in [0.15, 0.2) is 60.5 Å². The molecule has 1 atom stereocenters. The first-order chi connectivity index (χ1) is 17.9. The molecule has 3 heterocycles. The highest BCUT2D eigenvalue weighted by atomic mass is 16.5. The number of phenolic OH excluding ortho intramolecular Hbond substituents is 1. The molecule has 0 fully saturated rings. The largest absolute Gasteiger partial charge is 0.502 e. The molecule has 2 aliphatic rings. The molecule has 0 bridgehead atoms. The van der Waals surface area contributed by atoms with Crippen molar-refractivity contribution < 1.29 is 33.6 Å². The number of nitrogens with zero attached hydrogens (tertiary/aromatic N) is 1. The summed E-state index contributed by atoms with van der Waals surface area (Å²) in [7, 11) is 4.82. The van der Waals surface area contributed by atoms with Crippen LogP contribution in [0.3, 0.4) is 0 Å². The minimum atomic E-state index is -0.515. The Bertz CT molecular complexity index is 1620. The molecular formula is C29H23NO7. The van der Waals surface area contributed by atoms with Crippen molar-refractivity contribution in [3.63, 3.8) is 0 Å². The van der Waals surface area contributed by atoms with E-state index in [4.69, 9.17) is 18.9 Å². The predicted octanol–water partition coefficient (Wildman–Crippen LogP) is 4.96. The Morgan fingerprint density at radius 3 is 2.49 bits per heavy atom. The lowest BCUT2D eigenvalue weighted by molar-refractivity contribution is -0.135. The van der Waals surface area contributed by atoms with Gasteiger partial charge in [-0.25, -0.2) is 0 Å². The molecule has 3 aromatic carbocycles. The summed E-state index contributed by atoms with van der Waals surface area (Å²) in [5.74, 6) is -0.0378. The lowest BCUT2D eigenvalue weighted by Crippen LogP contribution is -2.21. The molecular weight excluding hydrogens is 474 g/mol. The molecule has 0 amide bonds. The van der Waals surface area contributed by atoms with Gasteiger partial charge in [-0.3, -0.25) is 9.59 Å². The normalized spacial score (nSPS) is 17.4. The van der Waals surface area contributed by atoms with E-state index in [1.165, 1.54) is 14.2 Å². The van der Waals surface area contributed by atoms with E-state index >= 15 is 0 Å². The highest BCUT2D eigenvalue weighted by Crippen LogP contribution is 2.51. The summed E-state index contributed by atoms with van der Waals surface area (Å²) in [5.41, 5.74) is 3.53. The second kappa shape index (κ2) is 8.44. The molecule has 37 heavy (non-hydrogen) atoms. The quantitative estimate of drug-likeness (QED) is 0.242. The summed E-state index contributed by atoms with van der Waals surface area (Å²) in [6, 6.07) is 14.5. The van der Waals surface area contributed by atoms with E-state index < -0.39 is 11.9 Å². The number of aromatic nitrogens is 1. The fourth-order valence-electron chi connectivity index (χ4n) is 5.14. The van der Waals surface area contributed by atoms with Gasteiger partial charge in [-0.05, 0) is 42.0 Å². The Hall–Kier alpha value is -4.72. The van der Waals surface area contributed by atoms with Gasteiger partial charge in [-0.1, -0.05) is 18.2 Å². The molecule has 8 nitrogen and oxygen atoms in total. The molecule has 8 heteroatoms. The zero-order valence-electron chi connectivity index (χ0n) is 20.4. The first kappa shape index (κ1) is 22.7. The van der Waals surface area contributed by atoms with Gasteiger partial charge >= 0.3 is 5.97 Å². The third-order valence-electron chi connectivity index (χ3n) is 6.90. The third-order valence-corrected chi connectivity index (χ3v) is 6.90. The van der Waals surface area contributed by atoms with E-state index in [2.05, 4.69) is 0 Å². The number of esters is 1. The number of ether oxygens (including phenoxy) is 4. The van der Waals surface area contributed by atoms with Gasteiger partial charge in [-0.2, -0.15) is 0 Å². The van der Waals surface area contributed by atoms with Gasteiger partial charge in [0.15, 0.2) is 17.3 Å². The van der Waals surface area contributed by atoms with E-state index in [0.717, 1.165) is 16.5 Å². The molecule has 1 aromatic heterocycles. The van der Waals surface area contributed by atoms with Gasteiger partial charge in [-0.15, -0.1) is 0 Å². The van der Waals surface area contributed by atoms with Crippen LogP contribution in [0.5, 0.6) is 28.7 Å². The summed E-state index contributed by atoms with van der Waals surface area (Å²) in [5, 5.41) is 11.4. The lowest BCUT2D eigenvalue weighted by Gasteiger charge is -2.27. The second-order valence-corrected chi connectivity index (χ2v) is 9.01. The second-order valence-electron chi connectivity index (χ2n) is 9.01. The van der Waals surface area contributed by atoms with Crippen LogP contribution in [-0.4, -0.2) is 35.6 Å². The zero-order valence-corrected chi connectivity index (χ0v) is 20.4. The third kappa shape index (κ3) is 3.52. The van der Waals surface area contributed by atoms with Crippen LogP contribution in [-0.2, 0) is 11.8 Å². The van der Waals surface area contributed by atoms with E-state index in [0.29, 0.717) is 28.2 Å². The average molecular weight is 498 g/mol. The molecule has 1 N–H and O–H groups in total. The van der Waals surface area contributed by atoms with Crippen LogP contribution in [0.4, 0.5) is 0 Å². The van der Waals surface area contributed by atoms with Crippen molar-refractivity contribution in [3.05, 3.63) is 82.7 Å². The zero-order chi connectivity index (χ0) is 25.8. The Morgan fingerprint density at radius 1 is 1.03 bits per heavy atom. The van der Waals surface area contributed by atoms with E-state index in [-0.39, 0.29) is 35.2 Å². The molecule has 2 aliphatic heterocycles. The Morgan fingerprint density at radius 2 is 1.76 bits per heavy atom. The van der Waals surface area contributed by atoms with Crippen molar-refractivity contribution in [2.75, 3.05) is 14.2 Å². The van der Waals surface area contributed by atoms with Crippen LogP contribution in [0.1, 0.15) is 39.4 Å². The number of allylic oxidation sites excluding steroid dienone is 1. The lowest BCUT2D eigenvalue weighted by atomic mass is 9.84. The molecule has 0 spiro atoms. The standard InChI is InChI=1S/C29H23NO7/c1-30-14-16(17-6-4-5-7-20(17)30)12-24-27(32)18-8-9-21-26(29(18)37-24)19(13-25(31)36-21)15-10-22(34-2)28(33)23(11-15)35-3/h4-12,14,19,33H,13H2,1-3H3. The number of carbonyl (C=O) groups is 2. The molecule has 186 valence electrons. The topological polar surface area (TPSA) is 96.2 Å². The molecule has 0 saturated heterocycles. The molecule has 6 rings (SSSR count). The number of fused-ring (bicyclic) bond motifs is 4. The number of hydrogen-bond acceptors (Lipinski definition) is 7.